The van der Waals surface area contributed by atoms with Gasteiger partial charge in [-0.15, -0.1) is 0 Å². The molecule has 2 rings (SSSR count). The molecule has 0 aliphatic carbocycles. The van der Waals surface area contributed by atoms with Gasteiger partial charge in [-0.1, -0.05) is 6.92 Å². The quantitative estimate of drug-likeness (QED) is 0.889. The second-order valence-corrected chi connectivity index (χ2v) is 5.53. The van der Waals surface area contributed by atoms with Crippen LogP contribution in [0.4, 0.5) is 0 Å². The molecular weight excluding hydrogens is 246 g/mol. The monoisotopic (exact) mass is 267 g/mol. The van der Waals surface area contributed by atoms with Gasteiger partial charge in [-0.3, -0.25) is 9.69 Å². The Bertz CT molecular complexity index is 372. The fourth-order valence-electron chi connectivity index (χ4n) is 2.18. The summed E-state index contributed by atoms with van der Waals surface area (Å²) in [5.41, 5.74) is 7.15. The third-order valence-electron chi connectivity index (χ3n) is 3.43. The number of nitrogens with zero attached hydrogens (tertiary/aromatic N) is 2. The van der Waals surface area contributed by atoms with Gasteiger partial charge in [-0.25, -0.2) is 0 Å². The van der Waals surface area contributed by atoms with E-state index >= 15 is 0 Å². The lowest BCUT2D eigenvalue weighted by Crippen LogP contribution is -2.52. The Balaban J connectivity index is 1.79. The first-order valence-electron chi connectivity index (χ1n) is 6.48. The number of nitrogens with two attached hydrogens (primary N) is 1. The first kappa shape index (κ1) is 13.5. The fourth-order valence-corrected chi connectivity index (χ4v) is 2.84. The van der Waals surface area contributed by atoms with Gasteiger partial charge < -0.3 is 10.6 Å². The average molecular weight is 267 g/mol. The van der Waals surface area contributed by atoms with Gasteiger partial charge in [0.15, 0.2) is 0 Å². The van der Waals surface area contributed by atoms with E-state index in [1.165, 1.54) is 5.56 Å². The van der Waals surface area contributed by atoms with Crippen LogP contribution in [0.1, 0.15) is 18.9 Å². The maximum atomic E-state index is 11.9. The summed E-state index contributed by atoms with van der Waals surface area (Å²) in [5.74, 6) is 0.104. The Hall–Kier alpha value is -0.910. The van der Waals surface area contributed by atoms with Crippen molar-refractivity contribution in [3.63, 3.8) is 0 Å². The van der Waals surface area contributed by atoms with Crippen molar-refractivity contribution in [1.82, 2.24) is 9.80 Å². The third kappa shape index (κ3) is 3.31. The van der Waals surface area contributed by atoms with Crippen LogP contribution in [0, 0.1) is 0 Å². The van der Waals surface area contributed by atoms with E-state index in [1.54, 1.807) is 11.3 Å². The van der Waals surface area contributed by atoms with Gasteiger partial charge in [-0.2, -0.15) is 11.3 Å². The lowest BCUT2D eigenvalue weighted by molar-refractivity contribution is -0.134. The molecule has 2 heterocycles. The fraction of sp³-hybridized carbons (Fsp3) is 0.615. The molecule has 1 aromatic heterocycles. The minimum atomic E-state index is -0.326. The highest BCUT2D eigenvalue weighted by molar-refractivity contribution is 7.07. The summed E-state index contributed by atoms with van der Waals surface area (Å²) in [7, 11) is 0. The second-order valence-electron chi connectivity index (χ2n) is 4.75. The number of rotatable bonds is 4. The van der Waals surface area contributed by atoms with Crippen molar-refractivity contribution >= 4 is 17.2 Å². The minimum absolute atomic E-state index is 0.104. The van der Waals surface area contributed by atoms with E-state index in [-0.39, 0.29) is 11.9 Å². The van der Waals surface area contributed by atoms with E-state index in [0.717, 1.165) is 32.7 Å². The van der Waals surface area contributed by atoms with Crippen molar-refractivity contribution in [2.75, 3.05) is 26.2 Å². The summed E-state index contributed by atoms with van der Waals surface area (Å²) in [4.78, 5) is 16.2. The summed E-state index contributed by atoms with van der Waals surface area (Å²) in [6, 6.07) is 1.84. The van der Waals surface area contributed by atoms with Crippen LogP contribution in [0.25, 0.3) is 0 Å². The van der Waals surface area contributed by atoms with Crippen molar-refractivity contribution in [2.24, 2.45) is 5.73 Å². The zero-order valence-corrected chi connectivity index (χ0v) is 11.7. The van der Waals surface area contributed by atoms with E-state index in [0.29, 0.717) is 6.42 Å². The highest BCUT2D eigenvalue weighted by Crippen LogP contribution is 2.12. The Labute approximate surface area is 112 Å². The Kier molecular flexibility index (Phi) is 4.74. The van der Waals surface area contributed by atoms with E-state index in [1.807, 2.05) is 11.8 Å². The van der Waals surface area contributed by atoms with Gasteiger partial charge in [0.05, 0.1) is 6.04 Å². The first-order chi connectivity index (χ1) is 8.70. The number of piperazine rings is 1. The van der Waals surface area contributed by atoms with E-state index in [9.17, 15) is 4.79 Å². The molecule has 1 aliphatic rings. The zero-order valence-electron chi connectivity index (χ0n) is 10.8. The maximum absolute atomic E-state index is 11.9. The summed E-state index contributed by atoms with van der Waals surface area (Å²) in [6.45, 7) is 6.43. The van der Waals surface area contributed by atoms with Gasteiger partial charge in [0.2, 0.25) is 5.91 Å². The Morgan fingerprint density at radius 2 is 2.17 bits per heavy atom. The predicted octanol–water partition coefficient (Wildman–Crippen LogP) is 1.13. The van der Waals surface area contributed by atoms with Crippen LogP contribution in [-0.2, 0) is 11.3 Å². The molecule has 0 radical (unpaired) electrons. The summed E-state index contributed by atoms with van der Waals surface area (Å²) >= 11 is 1.73. The number of hydrogen-bond acceptors (Lipinski definition) is 4. The van der Waals surface area contributed by atoms with Crippen molar-refractivity contribution in [3.05, 3.63) is 22.4 Å². The molecule has 1 amide bonds. The molecule has 0 bridgehead atoms. The molecule has 5 heteroatoms. The van der Waals surface area contributed by atoms with Crippen LogP contribution >= 0.6 is 11.3 Å². The zero-order chi connectivity index (χ0) is 13.0. The molecule has 100 valence electrons. The van der Waals surface area contributed by atoms with Crippen LogP contribution in [-0.4, -0.2) is 47.9 Å². The molecule has 1 aliphatic heterocycles. The molecule has 18 heavy (non-hydrogen) atoms. The van der Waals surface area contributed by atoms with E-state index in [2.05, 4.69) is 21.7 Å². The van der Waals surface area contributed by atoms with Crippen LogP contribution in [0.15, 0.2) is 16.8 Å². The summed E-state index contributed by atoms with van der Waals surface area (Å²) in [6.07, 6.45) is 0.716. The van der Waals surface area contributed by atoms with Crippen molar-refractivity contribution in [1.29, 1.82) is 0 Å². The van der Waals surface area contributed by atoms with Crippen LogP contribution in [0.5, 0.6) is 0 Å². The van der Waals surface area contributed by atoms with Gasteiger partial charge >= 0.3 is 0 Å². The molecule has 1 atom stereocenters. The van der Waals surface area contributed by atoms with Crippen molar-refractivity contribution in [2.45, 2.75) is 25.9 Å². The van der Waals surface area contributed by atoms with Crippen LogP contribution in [0.3, 0.4) is 0 Å². The van der Waals surface area contributed by atoms with Crippen molar-refractivity contribution in [3.8, 4) is 0 Å². The van der Waals surface area contributed by atoms with Crippen LogP contribution in [0.2, 0.25) is 0 Å². The minimum Gasteiger partial charge on any atom is -0.339 e. The Morgan fingerprint density at radius 3 is 2.72 bits per heavy atom. The molecule has 1 fully saturated rings. The number of amides is 1. The lowest BCUT2D eigenvalue weighted by Gasteiger charge is -2.35. The number of carbonyl (C=O) groups excluding carboxylic acids is 1. The molecule has 0 aromatic carbocycles. The summed E-state index contributed by atoms with van der Waals surface area (Å²) < 4.78 is 0. The number of thiophene rings is 1. The topological polar surface area (TPSA) is 49.6 Å². The molecular formula is C13H21N3OS. The molecule has 1 saturated heterocycles. The van der Waals surface area contributed by atoms with E-state index in [4.69, 9.17) is 5.73 Å². The SMILES string of the molecule is CC[C@@H](N)C(=O)N1CCN(Cc2ccsc2)CC1. The first-order valence-corrected chi connectivity index (χ1v) is 7.42. The molecule has 0 saturated carbocycles. The van der Waals surface area contributed by atoms with Crippen LogP contribution < -0.4 is 5.73 Å². The Morgan fingerprint density at radius 1 is 1.44 bits per heavy atom. The lowest BCUT2D eigenvalue weighted by atomic mass is 10.2. The predicted molar refractivity (Wildman–Crippen MR) is 74.4 cm³/mol. The smallest absolute Gasteiger partial charge is 0.239 e. The molecule has 0 unspecified atom stereocenters. The highest BCUT2D eigenvalue weighted by atomic mass is 32.1. The maximum Gasteiger partial charge on any atom is 0.239 e. The number of carbonyl (C=O) groups is 1. The van der Waals surface area contributed by atoms with Gasteiger partial charge in [0.25, 0.3) is 0 Å². The van der Waals surface area contributed by atoms with Gasteiger partial charge in [0.1, 0.15) is 0 Å². The molecule has 1 aromatic rings. The summed E-state index contributed by atoms with van der Waals surface area (Å²) in [5, 5.41) is 4.29. The third-order valence-corrected chi connectivity index (χ3v) is 4.16. The molecule has 2 N–H and O–H groups in total. The van der Waals surface area contributed by atoms with Gasteiger partial charge in [-0.05, 0) is 28.8 Å². The highest BCUT2D eigenvalue weighted by Gasteiger charge is 2.24. The normalized spacial score (nSPS) is 18.9. The standard InChI is InChI=1S/C13H21N3OS/c1-2-12(14)13(17)16-6-4-15(5-7-16)9-11-3-8-18-10-11/h3,8,10,12H,2,4-7,9,14H2,1H3/t12-/m1/s1. The van der Waals surface area contributed by atoms with Gasteiger partial charge in [0, 0.05) is 32.7 Å². The largest absolute Gasteiger partial charge is 0.339 e. The number of hydrogen-bond donors (Lipinski definition) is 1. The van der Waals surface area contributed by atoms with E-state index < -0.39 is 0 Å². The molecule has 0 spiro atoms. The average Bonchev–Trinajstić information content (AvgIpc) is 2.91. The molecule has 4 nitrogen and oxygen atoms in total. The van der Waals surface area contributed by atoms with Crippen molar-refractivity contribution < 1.29 is 4.79 Å². The second kappa shape index (κ2) is 6.31.